The first kappa shape index (κ1) is 32.8. The van der Waals surface area contributed by atoms with Gasteiger partial charge in [-0.3, -0.25) is 0 Å². The fraction of sp³-hybridized carbons (Fsp3) is 0.0545. The van der Waals surface area contributed by atoms with E-state index in [0.717, 1.165) is 63.7 Å². The van der Waals surface area contributed by atoms with Gasteiger partial charge in [-0.1, -0.05) is 158 Å². The Morgan fingerprint density at radius 2 is 1.05 bits per heavy atom. The molecule has 1 spiro atoms. The SMILES string of the molecule is C1=CC2=C(CC1)C1(c3cc4c(cc32)Oc2c(cccc2N(c2cccc(-c3ccccc3)c2)c2ccccc2-c2ccccc2)O4)c2ccccc2-c2ccccc21. The summed E-state index contributed by atoms with van der Waals surface area (Å²) in [7, 11) is 0. The molecule has 1 heterocycles. The predicted molar refractivity (Wildman–Crippen MR) is 236 cm³/mol. The van der Waals surface area contributed by atoms with Crippen LogP contribution >= 0.6 is 0 Å². The number of anilines is 3. The molecule has 58 heavy (non-hydrogen) atoms. The number of rotatable bonds is 5. The van der Waals surface area contributed by atoms with Gasteiger partial charge in [0.1, 0.15) is 0 Å². The van der Waals surface area contributed by atoms with Crippen LogP contribution in [0.15, 0.2) is 206 Å². The van der Waals surface area contributed by atoms with Crippen LogP contribution in [0.5, 0.6) is 23.0 Å². The lowest BCUT2D eigenvalue weighted by Gasteiger charge is -2.34. The Labute approximate surface area is 338 Å². The number of para-hydroxylation sites is 2. The monoisotopic (exact) mass is 743 g/mol. The first-order valence-electron chi connectivity index (χ1n) is 20.1. The number of nitrogens with zero attached hydrogens (tertiary/aromatic N) is 1. The van der Waals surface area contributed by atoms with Gasteiger partial charge < -0.3 is 14.4 Å². The molecule has 0 unspecified atom stereocenters. The van der Waals surface area contributed by atoms with Crippen LogP contribution in [0, 0.1) is 0 Å². The minimum absolute atomic E-state index is 0.384. The summed E-state index contributed by atoms with van der Waals surface area (Å²) in [6, 6.07) is 67.2. The van der Waals surface area contributed by atoms with Gasteiger partial charge in [0.25, 0.3) is 0 Å². The molecule has 0 fully saturated rings. The van der Waals surface area contributed by atoms with Gasteiger partial charge in [0, 0.05) is 11.3 Å². The number of benzene rings is 8. The van der Waals surface area contributed by atoms with Gasteiger partial charge in [-0.2, -0.15) is 0 Å². The molecule has 12 rings (SSSR count). The van der Waals surface area contributed by atoms with Gasteiger partial charge in [0.2, 0.25) is 0 Å². The Kier molecular flexibility index (Phi) is 7.27. The molecule has 0 bridgehead atoms. The second-order valence-electron chi connectivity index (χ2n) is 15.5. The Balaban J connectivity index is 1.04. The smallest absolute Gasteiger partial charge is 0.194 e. The largest absolute Gasteiger partial charge is 0.449 e. The third-order valence-electron chi connectivity index (χ3n) is 12.4. The molecule has 0 amide bonds. The Morgan fingerprint density at radius 1 is 0.431 bits per heavy atom. The van der Waals surface area contributed by atoms with Crippen LogP contribution in [-0.4, -0.2) is 0 Å². The summed E-state index contributed by atoms with van der Waals surface area (Å²) < 4.78 is 14.2. The van der Waals surface area contributed by atoms with Crippen LogP contribution in [0.25, 0.3) is 39.0 Å². The molecular weight excluding hydrogens is 707 g/mol. The van der Waals surface area contributed by atoms with Crippen molar-refractivity contribution in [3.8, 4) is 56.4 Å². The Bertz CT molecular complexity index is 2970. The topological polar surface area (TPSA) is 21.7 Å². The van der Waals surface area contributed by atoms with Crippen molar-refractivity contribution >= 4 is 22.6 Å². The standard InChI is InChI=1S/C55H37NO2/c1-3-17-36(18-4-1)38-21-15-22-39(33-38)56(49-30-14-10-23-40(49)37-19-5-2-6-20-37)50-31-16-32-51-54(50)58-52-34-44-43-26-9-13-29-47(43)55(48(44)35-53(52)57-51)45-27-11-7-24-41(45)42-25-8-12-28-46(42)55/h1-12,14-28,30-35H,13,29H2. The summed E-state index contributed by atoms with van der Waals surface area (Å²) in [6.07, 6.45) is 6.68. The molecule has 0 radical (unpaired) electrons. The minimum Gasteiger partial charge on any atom is -0.449 e. The van der Waals surface area contributed by atoms with Gasteiger partial charge in [0.15, 0.2) is 23.0 Å². The molecule has 8 aromatic carbocycles. The highest BCUT2D eigenvalue weighted by Crippen LogP contribution is 2.65. The quantitative estimate of drug-likeness (QED) is 0.175. The highest BCUT2D eigenvalue weighted by atomic mass is 16.6. The molecule has 0 aromatic heterocycles. The molecule has 3 nitrogen and oxygen atoms in total. The van der Waals surface area contributed by atoms with E-state index in [9.17, 15) is 0 Å². The highest BCUT2D eigenvalue weighted by Gasteiger charge is 2.53. The second kappa shape index (κ2) is 12.8. The molecule has 3 aliphatic carbocycles. The molecule has 0 saturated carbocycles. The summed E-state index contributed by atoms with van der Waals surface area (Å²) in [5.74, 6) is 2.81. The van der Waals surface area contributed by atoms with Crippen molar-refractivity contribution in [3.05, 3.63) is 228 Å². The van der Waals surface area contributed by atoms with E-state index in [1.165, 1.54) is 44.5 Å². The molecule has 8 aromatic rings. The fourth-order valence-corrected chi connectivity index (χ4v) is 10.1. The number of hydrogen-bond donors (Lipinski definition) is 0. The van der Waals surface area contributed by atoms with Gasteiger partial charge in [0.05, 0.1) is 16.8 Å². The van der Waals surface area contributed by atoms with Crippen molar-refractivity contribution in [2.24, 2.45) is 0 Å². The van der Waals surface area contributed by atoms with Gasteiger partial charge in [-0.05, 0) is 117 Å². The number of hydrogen-bond acceptors (Lipinski definition) is 3. The van der Waals surface area contributed by atoms with Crippen LogP contribution in [-0.2, 0) is 5.41 Å². The van der Waals surface area contributed by atoms with E-state index < -0.39 is 0 Å². The minimum atomic E-state index is -0.384. The van der Waals surface area contributed by atoms with E-state index in [-0.39, 0.29) is 5.41 Å². The van der Waals surface area contributed by atoms with E-state index in [1.807, 2.05) is 6.07 Å². The first-order valence-corrected chi connectivity index (χ1v) is 20.1. The van der Waals surface area contributed by atoms with E-state index in [0.29, 0.717) is 11.5 Å². The predicted octanol–water partition coefficient (Wildman–Crippen LogP) is 14.8. The zero-order valence-corrected chi connectivity index (χ0v) is 31.7. The van der Waals surface area contributed by atoms with Gasteiger partial charge >= 0.3 is 0 Å². The third kappa shape index (κ3) is 4.74. The van der Waals surface area contributed by atoms with E-state index in [4.69, 9.17) is 9.47 Å². The summed E-state index contributed by atoms with van der Waals surface area (Å²) in [5, 5.41) is 0. The second-order valence-corrected chi connectivity index (χ2v) is 15.5. The summed E-state index contributed by atoms with van der Waals surface area (Å²) in [5.41, 5.74) is 17.7. The van der Waals surface area contributed by atoms with Gasteiger partial charge in [-0.25, -0.2) is 0 Å². The van der Waals surface area contributed by atoms with Crippen LogP contribution in [0.3, 0.4) is 0 Å². The maximum Gasteiger partial charge on any atom is 0.194 e. The summed E-state index contributed by atoms with van der Waals surface area (Å²) in [4.78, 5) is 2.32. The van der Waals surface area contributed by atoms with Crippen LogP contribution in [0.1, 0.15) is 35.1 Å². The molecule has 0 saturated heterocycles. The molecule has 3 heteroatoms. The van der Waals surface area contributed by atoms with Crippen LogP contribution in [0.4, 0.5) is 17.1 Å². The average Bonchev–Trinajstić information content (AvgIpc) is 3.75. The molecule has 1 aliphatic heterocycles. The Morgan fingerprint density at radius 3 is 1.83 bits per heavy atom. The van der Waals surface area contributed by atoms with E-state index in [2.05, 4.69) is 199 Å². The van der Waals surface area contributed by atoms with E-state index >= 15 is 0 Å². The average molecular weight is 744 g/mol. The first-order chi connectivity index (χ1) is 28.8. The lowest BCUT2D eigenvalue weighted by molar-refractivity contribution is 0.359. The van der Waals surface area contributed by atoms with Crippen molar-refractivity contribution in [2.45, 2.75) is 18.3 Å². The van der Waals surface area contributed by atoms with Crippen molar-refractivity contribution in [2.75, 3.05) is 4.90 Å². The van der Waals surface area contributed by atoms with Crippen molar-refractivity contribution in [3.63, 3.8) is 0 Å². The Hall–Kier alpha value is -7.36. The summed E-state index contributed by atoms with van der Waals surface area (Å²) in [6.45, 7) is 0. The lowest BCUT2D eigenvalue weighted by Crippen LogP contribution is -2.27. The molecule has 274 valence electrons. The van der Waals surface area contributed by atoms with Crippen LogP contribution in [0.2, 0.25) is 0 Å². The molecule has 4 aliphatic rings. The van der Waals surface area contributed by atoms with E-state index in [1.54, 1.807) is 0 Å². The van der Waals surface area contributed by atoms with Crippen molar-refractivity contribution in [1.82, 2.24) is 0 Å². The third-order valence-corrected chi connectivity index (χ3v) is 12.4. The normalized spacial score (nSPS) is 14.7. The number of ether oxygens (including phenoxy) is 2. The maximum absolute atomic E-state index is 7.17. The number of allylic oxidation sites excluding steroid dienone is 4. The van der Waals surface area contributed by atoms with Crippen molar-refractivity contribution in [1.29, 1.82) is 0 Å². The fourth-order valence-electron chi connectivity index (χ4n) is 10.1. The zero-order valence-electron chi connectivity index (χ0n) is 31.7. The molecule has 0 atom stereocenters. The van der Waals surface area contributed by atoms with Crippen molar-refractivity contribution < 1.29 is 9.47 Å². The summed E-state index contributed by atoms with van der Waals surface area (Å²) >= 11 is 0. The zero-order chi connectivity index (χ0) is 38.2. The molecular formula is C55H37NO2. The molecule has 0 N–H and O–H groups in total. The lowest BCUT2D eigenvalue weighted by atomic mass is 9.68. The number of fused-ring (bicyclic) bond motifs is 11. The maximum atomic E-state index is 7.17. The highest BCUT2D eigenvalue weighted by molar-refractivity contribution is 5.98. The van der Waals surface area contributed by atoms with Crippen LogP contribution < -0.4 is 14.4 Å². The van der Waals surface area contributed by atoms with Gasteiger partial charge in [-0.15, -0.1) is 0 Å².